The first-order chi connectivity index (χ1) is 14.2. The van der Waals surface area contributed by atoms with Crippen LogP contribution in [0.3, 0.4) is 0 Å². The molecule has 1 saturated heterocycles. The number of anilines is 2. The number of amides is 1. The van der Waals surface area contributed by atoms with Gasteiger partial charge in [-0.15, -0.1) is 0 Å². The van der Waals surface area contributed by atoms with Gasteiger partial charge in [-0.05, 0) is 50.1 Å². The predicted octanol–water partition coefficient (Wildman–Crippen LogP) is 4.21. The van der Waals surface area contributed by atoms with Crippen LogP contribution in [0.2, 0.25) is 5.02 Å². The summed E-state index contributed by atoms with van der Waals surface area (Å²) in [5, 5.41) is 3.52. The third-order valence-electron chi connectivity index (χ3n) is 5.70. The lowest BCUT2D eigenvalue weighted by Crippen LogP contribution is -2.46. The molecule has 0 unspecified atom stereocenters. The molecule has 6 heteroatoms. The van der Waals surface area contributed by atoms with Crippen molar-refractivity contribution in [1.29, 1.82) is 0 Å². The molecule has 0 atom stereocenters. The van der Waals surface area contributed by atoms with E-state index < -0.39 is 0 Å². The van der Waals surface area contributed by atoms with Crippen LogP contribution in [0.5, 0.6) is 5.75 Å². The number of carbonyl (C=O) groups excluding carboxylic acids is 1. The molecule has 2 aromatic rings. The first-order valence-electron chi connectivity index (χ1n) is 10.5. The van der Waals surface area contributed by atoms with Crippen LogP contribution >= 0.6 is 11.6 Å². The molecule has 2 aromatic carbocycles. The maximum absolute atomic E-state index is 11.6. The first kappa shape index (κ1) is 20.0. The molecule has 29 heavy (non-hydrogen) atoms. The fourth-order valence-electron chi connectivity index (χ4n) is 4.05. The smallest absolute Gasteiger partial charge is 0.224 e. The van der Waals surface area contributed by atoms with Gasteiger partial charge in [0.05, 0.1) is 11.6 Å². The lowest BCUT2D eigenvalue weighted by molar-refractivity contribution is -0.116. The summed E-state index contributed by atoms with van der Waals surface area (Å²) in [6, 6.07) is 14.3. The van der Waals surface area contributed by atoms with E-state index in [-0.39, 0.29) is 5.91 Å². The minimum atomic E-state index is 0.0538. The highest BCUT2D eigenvalue weighted by Crippen LogP contribution is 2.37. The Morgan fingerprint density at radius 2 is 1.76 bits per heavy atom. The quantitative estimate of drug-likeness (QED) is 0.691. The van der Waals surface area contributed by atoms with Crippen LogP contribution in [-0.2, 0) is 11.2 Å². The van der Waals surface area contributed by atoms with Crippen LogP contribution in [0, 0.1) is 0 Å². The summed E-state index contributed by atoms with van der Waals surface area (Å²) in [5.74, 6) is 0.791. The van der Waals surface area contributed by atoms with Gasteiger partial charge in [-0.3, -0.25) is 9.69 Å². The molecule has 0 radical (unpaired) electrons. The van der Waals surface area contributed by atoms with Crippen molar-refractivity contribution in [2.45, 2.75) is 25.7 Å². The fourth-order valence-corrected chi connectivity index (χ4v) is 4.28. The molecule has 1 amide bonds. The van der Waals surface area contributed by atoms with Gasteiger partial charge in [0.1, 0.15) is 5.75 Å². The molecular weight excluding hydrogens is 386 g/mol. The summed E-state index contributed by atoms with van der Waals surface area (Å²) in [4.78, 5) is 16.6. The molecule has 2 aliphatic rings. The molecule has 5 nitrogen and oxygen atoms in total. The third-order valence-corrected chi connectivity index (χ3v) is 5.99. The predicted molar refractivity (Wildman–Crippen MR) is 118 cm³/mol. The Labute approximate surface area is 177 Å². The normalized spacial score (nSPS) is 17.0. The Kier molecular flexibility index (Phi) is 6.57. The fraction of sp³-hybridized carbons (Fsp3) is 0.435. The van der Waals surface area contributed by atoms with E-state index in [1.165, 1.54) is 5.69 Å². The molecule has 0 bridgehead atoms. The third kappa shape index (κ3) is 5.03. The molecule has 4 rings (SSSR count). The summed E-state index contributed by atoms with van der Waals surface area (Å²) >= 11 is 6.35. The van der Waals surface area contributed by atoms with E-state index >= 15 is 0 Å². The van der Waals surface area contributed by atoms with E-state index in [2.05, 4.69) is 45.4 Å². The molecule has 0 spiro atoms. The largest absolute Gasteiger partial charge is 0.492 e. The standard InChI is InChI=1S/C23H28ClN3O2/c24-20-9-10-21-19(8-11-22(28)25-21)23(20)29-17-5-4-12-26-13-15-27(16-14-26)18-6-2-1-3-7-18/h1-3,6-7,9-10H,4-5,8,11-17H2,(H,25,28). The zero-order valence-electron chi connectivity index (χ0n) is 16.7. The Bertz CT molecular complexity index is 836. The van der Waals surface area contributed by atoms with Crippen molar-refractivity contribution in [3.05, 3.63) is 53.1 Å². The highest BCUT2D eigenvalue weighted by Gasteiger charge is 2.21. The maximum Gasteiger partial charge on any atom is 0.224 e. The first-order valence-corrected chi connectivity index (χ1v) is 10.8. The monoisotopic (exact) mass is 413 g/mol. The van der Waals surface area contributed by atoms with E-state index in [1.807, 2.05) is 6.07 Å². The van der Waals surface area contributed by atoms with Crippen LogP contribution in [0.15, 0.2) is 42.5 Å². The average molecular weight is 414 g/mol. The number of ether oxygens (including phenoxy) is 1. The number of nitrogens with zero attached hydrogens (tertiary/aromatic N) is 2. The molecule has 2 heterocycles. The molecule has 2 aliphatic heterocycles. The summed E-state index contributed by atoms with van der Waals surface area (Å²) in [6.07, 6.45) is 3.27. The second-order valence-corrected chi connectivity index (χ2v) is 8.08. The molecule has 154 valence electrons. The number of hydrogen-bond donors (Lipinski definition) is 1. The number of nitrogens with one attached hydrogen (secondary N) is 1. The lowest BCUT2D eigenvalue weighted by atomic mass is 10.0. The number of halogens is 1. The van der Waals surface area contributed by atoms with Crippen molar-refractivity contribution in [2.75, 3.05) is 49.5 Å². The summed E-state index contributed by atoms with van der Waals surface area (Å²) in [5.41, 5.74) is 3.17. The average Bonchev–Trinajstić information content (AvgIpc) is 2.76. The van der Waals surface area contributed by atoms with E-state index in [0.29, 0.717) is 24.5 Å². The minimum absolute atomic E-state index is 0.0538. The number of rotatable bonds is 7. The molecule has 0 aliphatic carbocycles. The number of piperazine rings is 1. The number of benzene rings is 2. The van der Waals surface area contributed by atoms with Gasteiger partial charge in [0.25, 0.3) is 0 Å². The maximum atomic E-state index is 11.6. The van der Waals surface area contributed by atoms with Crippen LogP contribution in [0.1, 0.15) is 24.8 Å². The van der Waals surface area contributed by atoms with Crippen molar-refractivity contribution >= 4 is 28.9 Å². The van der Waals surface area contributed by atoms with E-state index in [0.717, 1.165) is 62.6 Å². The van der Waals surface area contributed by atoms with Gasteiger partial charge in [0.15, 0.2) is 0 Å². The van der Waals surface area contributed by atoms with Crippen LogP contribution in [-0.4, -0.2) is 50.1 Å². The van der Waals surface area contributed by atoms with E-state index in [1.54, 1.807) is 6.07 Å². The van der Waals surface area contributed by atoms with Gasteiger partial charge in [0, 0.05) is 49.5 Å². The number of carbonyl (C=O) groups is 1. The van der Waals surface area contributed by atoms with Crippen LogP contribution in [0.25, 0.3) is 0 Å². The minimum Gasteiger partial charge on any atom is -0.492 e. The van der Waals surface area contributed by atoms with Crippen molar-refractivity contribution in [3.63, 3.8) is 0 Å². The van der Waals surface area contributed by atoms with Crippen LogP contribution in [0.4, 0.5) is 11.4 Å². The second kappa shape index (κ2) is 9.51. The van der Waals surface area contributed by atoms with Crippen molar-refractivity contribution in [3.8, 4) is 5.75 Å². The van der Waals surface area contributed by atoms with Gasteiger partial charge < -0.3 is 15.0 Å². The zero-order chi connectivity index (χ0) is 20.1. The number of unbranched alkanes of at least 4 members (excludes halogenated alkanes) is 1. The SMILES string of the molecule is O=C1CCc2c(ccc(Cl)c2OCCCCN2CCN(c3ccccc3)CC2)N1. The molecule has 1 fully saturated rings. The molecule has 0 aromatic heterocycles. The molecule has 0 saturated carbocycles. The van der Waals surface area contributed by atoms with E-state index in [4.69, 9.17) is 16.3 Å². The van der Waals surface area contributed by atoms with Gasteiger partial charge in [0.2, 0.25) is 5.91 Å². The highest BCUT2D eigenvalue weighted by molar-refractivity contribution is 6.32. The van der Waals surface area contributed by atoms with Crippen molar-refractivity contribution in [2.24, 2.45) is 0 Å². The molecule has 1 N–H and O–H groups in total. The highest BCUT2D eigenvalue weighted by atomic mass is 35.5. The Morgan fingerprint density at radius 3 is 2.55 bits per heavy atom. The van der Waals surface area contributed by atoms with Crippen molar-refractivity contribution in [1.82, 2.24) is 4.90 Å². The number of para-hydroxylation sites is 1. The summed E-state index contributed by atoms with van der Waals surface area (Å²) in [6.45, 7) is 6.12. The number of fused-ring (bicyclic) bond motifs is 1. The zero-order valence-corrected chi connectivity index (χ0v) is 17.5. The summed E-state index contributed by atoms with van der Waals surface area (Å²) < 4.78 is 6.02. The Morgan fingerprint density at radius 1 is 0.966 bits per heavy atom. The number of hydrogen-bond acceptors (Lipinski definition) is 4. The second-order valence-electron chi connectivity index (χ2n) is 7.67. The molecular formula is C23H28ClN3O2. The topological polar surface area (TPSA) is 44.8 Å². The Hall–Kier alpha value is -2.24. The Balaban J connectivity index is 1.19. The van der Waals surface area contributed by atoms with Gasteiger partial charge in [-0.2, -0.15) is 0 Å². The van der Waals surface area contributed by atoms with Crippen LogP contribution < -0.4 is 15.0 Å². The van der Waals surface area contributed by atoms with Gasteiger partial charge in [-0.1, -0.05) is 29.8 Å². The van der Waals surface area contributed by atoms with Crippen molar-refractivity contribution < 1.29 is 9.53 Å². The van der Waals surface area contributed by atoms with Gasteiger partial charge >= 0.3 is 0 Å². The van der Waals surface area contributed by atoms with E-state index in [9.17, 15) is 4.79 Å². The van der Waals surface area contributed by atoms with Gasteiger partial charge in [-0.25, -0.2) is 0 Å². The lowest BCUT2D eigenvalue weighted by Gasteiger charge is -2.36. The summed E-state index contributed by atoms with van der Waals surface area (Å²) in [7, 11) is 0.